The lowest BCUT2D eigenvalue weighted by atomic mass is 10.1. The summed E-state index contributed by atoms with van der Waals surface area (Å²) in [6.07, 6.45) is 3.51. The lowest BCUT2D eigenvalue weighted by Gasteiger charge is -2.15. The number of halogens is 1. The van der Waals surface area contributed by atoms with E-state index in [0.717, 1.165) is 0 Å². The van der Waals surface area contributed by atoms with Gasteiger partial charge in [0.05, 0.1) is 40.8 Å². The molecule has 1 atom stereocenters. The second-order valence-electron chi connectivity index (χ2n) is 9.21. The lowest BCUT2D eigenvalue weighted by Crippen LogP contribution is -2.27. The van der Waals surface area contributed by atoms with Crippen LogP contribution < -0.4 is 15.8 Å². The van der Waals surface area contributed by atoms with Crippen molar-refractivity contribution in [2.75, 3.05) is 32.5 Å². The third-order valence-electron chi connectivity index (χ3n) is 6.15. The quantitative estimate of drug-likeness (QED) is 0.380. The summed E-state index contributed by atoms with van der Waals surface area (Å²) < 4.78 is 7.24. The molecule has 192 valence electrons. The Bertz CT molecular complexity index is 1440. The number of nitrogens with one attached hydrogen (secondary N) is 1. The van der Waals surface area contributed by atoms with E-state index >= 15 is 0 Å². The molecule has 37 heavy (non-hydrogen) atoms. The number of rotatable bonds is 6. The molecule has 1 aliphatic rings. The third kappa shape index (κ3) is 5.39. The van der Waals surface area contributed by atoms with Crippen molar-refractivity contribution >= 4 is 40.1 Å². The Morgan fingerprint density at radius 1 is 1.38 bits per heavy atom. The topological polar surface area (TPSA) is 115 Å². The van der Waals surface area contributed by atoms with Crippen molar-refractivity contribution in [3.8, 4) is 17.6 Å². The van der Waals surface area contributed by atoms with Crippen LogP contribution in [-0.2, 0) is 4.79 Å². The van der Waals surface area contributed by atoms with Crippen LogP contribution in [0.4, 0.5) is 5.82 Å². The Morgan fingerprint density at radius 2 is 2.16 bits per heavy atom. The Hall–Kier alpha value is -4.03. The molecule has 3 N–H and O–H groups in total. The molecule has 1 aromatic carbocycles. The van der Waals surface area contributed by atoms with Gasteiger partial charge in [0.2, 0.25) is 5.91 Å². The second-order valence-corrected chi connectivity index (χ2v) is 9.62. The molecule has 9 nitrogen and oxygen atoms in total. The van der Waals surface area contributed by atoms with Crippen LogP contribution in [0.2, 0.25) is 5.02 Å². The van der Waals surface area contributed by atoms with Crippen molar-refractivity contribution in [2.45, 2.75) is 26.3 Å². The van der Waals surface area contributed by atoms with Gasteiger partial charge in [-0.2, -0.15) is 5.10 Å². The molecule has 3 heterocycles. The maximum absolute atomic E-state index is 12.5. The van der Waals surface area contributed by atoms with Gasteiger partial charge in [-0.15, -0.1) is 0 Å². The fraction of sp³-hybridized carbons (Fsp3) is 0.333. The summed E-state index contributed by atoms with van der Waals surface area (Å²) in [6.45, 7) is 9.26. The van der Waals surface area contributed by atoms with Crippen LogP contribution in [0.15, 0.2) is 37.1 Å². The molecule has 1 fully saturated rings. The van der Waals surface area contributed by atoms with E-state index in [-0.39, 0.29) is 23.7 Å². The van der Waals surface area contributed by atoms with E-state index in [2.05, 4.69) is 28.7 Å². The van der Waals surface area contributed by atoms with Gasteiger partial charge in [-0.05, 0) is 42.5 Å². The largest absolute Gasteiger partial charge is 0.496 e. The van der Waals surface area contributed by atoms with Crippen LogP contribution >= 0.6 is 11.6 Å². The summed E-state index contributed by atoms with van der Waals surface area (Å²) in [7, 11) is 1.51. The number of nitrogens with two attached hydrogens (primary N) is 1. The summed E-state index contributed by atoms with van der Waals surface area (Å²) >= 11 is 6.52. The van der Waals surface area contributed by atoms with Gasteiger partial charge in [-0.1, -0.05) is 37.9 Å². The van der Waals surface area contributed by atoms with Crippen molar-refractivity contribution in [3.05, 3.63) is 58.9 Å². The van der Waals surface area contributed by atoms with Crippen LogP contribution in [0.3, 0.4) is 0 Å². The molecule has 1 aliphatic heterocycles. The number of hydrogen-bond donors (Lipinski definition) is 2. The highest BCUT2D eigenvalue weighted by molar-refractivity contribution is 6.35. The summed E-state index contributed by atoms with van der Waals surface area (Å²) in [4.78, 5) is 30.5. The van der Waals surface area contributed by atoms with Crippen molar-refractivity contribution in [1.29, 1.82) is 0 Å². The normalized spacial score (nSPS) is 14.9. The minimum Gasteiger partial charge on any atom is -0.496 e. The molecule has 4 rings (SSSR count). The number of anilines is 1. The third-order valence-corrected chi connectivity index (χ3v) is 6.42. The van der Waals surface area contributed by atoms with Crippen LogP contribution in [0.25, 0.3) is 10.9 Å². The highest BCUT2D eigenvalue weighted by Crippen LogP contribution is 2.34. The zero-order chi connectivity index (χ0) is 26.7. The van der Waals surface area contributed by atoms with E-state index in [4.69, 9.17) is 27.2 Å². The first kappa shape index (κ1) is 26.0. The average Bonchev–Trinajstić information content (AvgIpc) is 3.53. The smallest absolute Gasteiger partial charge is 0.255 e. The Kier molecular flexibility index (Phi) is 7.69. The van der Waals surface area contributed by atoms with Gasteiger partial charge in [0.15, 0.2) is 0 Å². The van der Waals surface area contributed by atoms with Gasteiger partial charge in [-0.25, -0.2) is 4.98 Å². The van der Waals surface area contributed by atoms with Gasteiger partial charge in [0.1, 0.15) is 17.3 Å². The van der Waals surface area contributed by atoms with Crippen molar-refractivity contribution in [2.24, 2.45) is 5.92 Å². The van der Waals surface area contributed by atoms with Gasteiger partial charge in [0.25, 0.3) is 5.91 Å². The maximum Gasteiger partial charge on any atom is 0.255 e. The number of fused-ring (bicyclic) bond motifs is 1. The number of ether oxygens (including phenoxy) is 1. The van der Waals surface area contributed by atoms with Crippen molar-refractivity contribution in [3.63, 3.8) is 0 Å². The number of nitrogens with zero attached hydrogens (tertiary/aromatic N) is 4. The molecule has 0 spiro atoms. The number of likely N-dealkylation sites (tertiary alicyclic amines) is 1. The number of methoxy groups -OCH3 is 1. The first-order chi connectivity index (χ1) is 17.7. The predicted octanol–water partition coefficient (Wildman–Crippen LogP) is 3.42. The minimum absolute atomic E-state index is 0.0926. The molecule has 10 heteroatoms. The van der Waals surface area contributed by atoms with Crippen LogP contribution in [0.1, 0.15) is 47.9 Å². The summed E-state index contributed by atoms with van der Waals surface area (Å²) in [5.41, 5.74) is 8.34. The molecule has 2 amide bonds. The van der Waals surface area contributed by atoms with Crippen LogP contribution in [0.5, 0.6) is 5.75 Å². The number of benzene rings is 1. The van der Waals surface area contributed by atoms with Crippen LogP contribution in [0, 0.1) is 17.8 Å². The predicted molar refractivity (Wildman–Crippen MR) is 144 cm³/mol. The zero-order valence-corrected chi connectivity index (χ0v) is 21.8. The number of carbonyl (C=O) groups excluding carboxylic acids is 2. The number of hydrogen-bond acceptors (Lipinski definition) is 6. The number of pyridine rings is 1. The highest BCUT2D eigenvalue weighted by atomic mass is 35.5. The molecule has 0 aliphatic carbocycles. The zero-order valence-electron chi connectivity index (χ0n) is 21.0. The molecule has 0 unspecified atom stereocenters. The van der Waals surface area contributed by atoms with E-state index in [9.17, 15) is 9.59 Å². The highest BCUT2D eigenvalue weighted by Gasteiger charge is 2.30. The summed E-state index contributed by atoms with van der Waals surface area (Å²) in [5.74, 6) is 6.87. The fourth-order valence-corrected chi connectivity index (χ4v) is 4.49. The van der Waals surface area contributed by atoms with E-state index in [1.54, 1.807) is 27.8 Å². The van der Waals surface area contributed by atoms with E-state index in [0.29, 0.717) is 70.5 Å². The summed E-state index contributed by atoms with van der Waals surface area (Å²) in [5, 5.41) is 8.59. The molecular formula is C27H29ClN6O3. The van der Waals surface area contributed by atoms with Gasteiger partial charge >= 0.3 is 0 Å². The molecular weight excluding hydrogens is 492 g/mol. The first-order valence-electron chi connectivity index (χ1n) is 11.9. The molecule has 1 saturated heterocycles. The monoisotopic (exact) mass is 520 g/mol. The SMILES string of the molecule is C=CC(=O)N1CC[C@H](n2nc(C#Cc3ccc(C(=O)NCC(C)C)c(OC)c3)c3c(N)ncc(Cl)c32)C1. The number of nitrogen functional groups attached to an aromatic ring is 1. The number of aromatic nitrogens is 3. The molecule has 2 aromatic heterocycles. The molecule has 0 bridgehead atoms. The van der Waals surface area contributed by atoms with Gasteiger partial charge in [0, 0.05) is 25.2 Å². The standard InChI is InChI=1S/C27H29ClN6O3/c1-5-23(35)33-11-10-18(15-33)34-25-20(28)14-30-26(29)24(25)21(32-34)9-7-17-6-8-19(22(12-17)37-4)27(36)31-13-16(2)3/h5-6,8,12,14,16,18H,1,10-11,13,15H2,2-4H3,(H2,29,30)(H,31,36)/t18-/m0/s1. The minimum atomic E-state index is -0.205. The first-order valence-corrected chi connectivity index (χ1v) is 12.3. The molecule has 0 saturated carbocycles. The fourth-order valence-electron chi connectivity index (χ4n) is 4.26. The average molecular weight is 521 g/mol. The van der Waals surface area contributed by atoms with E-state index in [1.165, 1.54) is 19.4 Å². The van der Waals surface area contributed by atoms with Crippen molar-refractivity contribution in [1.82, 2.24) is 25.0 Å². The maximum atomic E-state index is 12.5. The number of carbonyl (C=O) groups is 2. The van der Waals surface area contributed by atoms with Crippen LogP contribution in [-0.4, -0.2) is 58.2 Å². The lowest BCUT2D eigenvalue weighted by molar-refractivity contribution is -0.125. The molecule has 3 aromatic rings. The van der Waals surface area contributed by atoms with Gasteiger partial charge < -0.3 is 20.7 Å². The molecule has 0 radical (unpaired) electrons. The Balaban J connectivity index is 1.69. The van der Waals surface area contributed by atoms with E-state index in [1.807, 2.05) is 13.8 Å². The summed E-state index contributed by atoms with van der Waals surface area (Å²) in [6, 6.07) is 5.06. The Morgan fingerprint density at radius 3 is 2.86 bits per heavy atom. The van der Waals surface area contributed by atoms with Gasteiger partial charge in [-0.3, -0.25) is 14.3 Å². The second kappa shape index (κ2) is 10.9. The number of amides is 2. The Labute approximate surface area is 220 Å². The van der Waals surface area contributed by atoms with Crippen molar-refractivity contribution < 1.29 is 14.3 Å². The van der Waals surface area contributed by atoms with E-state index < -0.39 is 0 Å².